The van der Waals surface area contributed by atoms with Gasteiger partial charge in [0.15, 0.2) is 5.96 Å². The summed E-state index contributed by atoms with van der Waals surface area (Å²) in [6.07, 6.45) is 0.856. The Morgan fingerprint density at radius 3 is 2.55 bits per heavy atom. The highest BCUT2D eigenvalue weighted by Crippen LogP contribution is 2.20. The highest BCUT2D eigenvalue weighted by atomic mass is 16.5. The molecule has 0 atom stereocenters. The van der Waals surface area contributed by atoms with Crippen LogP contribution in [0.1, 0.15) is 20.3 Å². The van der Waals surface area contributed by atoms with Gasteiger partial charge in [0.2, 0.25) is 0 Å². The van der Waals surface area contributed by atoms with Gasteiger partial charge < -0.3 is 15.4 Å². The van der Waals surface area contributed by atoms with Gasteiger partial charge in [0.25, 0.3) is 0 Å². The molecule has 0 aliphatic heterocycles. The Morgan fingerprint density at radius 2 is 1.82 bits per heavy atom. The van der Waals surface area contributed by atoms with Crippen molar-refractivity contribution in [1.82, 2.24) is 4.90 Å². The Labute approximate surface area is 132 Å². The molecule has 2 aromatic rings. The predicted molar refractivity (Wildman–Crippen MR) is 93.5 cm³/mol. The topological polar surface area (TPSA) is 50.8 Å². The van der Waals surface area contributed by atoms with E-state index in [1.165, 1.54) is 10.8 Å². The molecule has 4 heteroatoms. The lowest BCUT2D eigenvalue weighted by molar-refractivity contribution is 0.313. The first-order chi connectivity index (χ1) is 10.7. The minimum absolute atomic E-state index is 0.621. The standard InChI is InChI=1S/C18H25N3O/c1-3-21(4-2)18(19)20-12-7-13-22-17-11-10-15-8-5-6-9-16(15)14-17/h5-6,8-11,14H,3-4,7,12-13H2,1-2H3,(H2,19,20). The van der Waals surface area contributed by atoms with Crippen LogP contribution in [0.15, 0.2) is 47.5 Å². The number of nitrogens with zero attached hydrogens (tertiary/aromatic N) is 2. The van der Waals surface area contributed by atoms with E-state index in [1.807, 2.05) is 23.1 Å². The van der Waals surface area contributed by atoms with E-state index in [2.05, 4.69) is 43.1 Å². The third-order valence-electron chi connectivity index (χ3n) is 3.65. The van der Waals surface area contributed by atoms with Gasteiger partial charge in [-0.3, -0.25) is 4.99 Å². The fraction of sp³-hybridized carbons (Fsp3) is 0.389. The van der Waals surface area contributed by atoms with Gasteiger partial charge in [-0.15, -0.1) is 0 Å². The van der Waals surface area contributed by atoms with E-state index < -0.39 is 0 Å². The SMILES string of the molecule is CCN(CC)C(N)=NCCCOc1ccc2ccccc2c1. The van der Waals surface area contributed by atoms with Crippen molar-refractivity contribution >= 4 is 16.7 Å². The maximum atomic E-state index is 5.93. The molecule has 22 heavy (non-hydrogen) atoms. The lowest BCUT2D eigenvalue weighted by atomic mass is 10.1. The van der Waals surface area contributed by atoms with Gasteiger partial charge in [-0.2, -0.15) is 0 Å². The Hall–Kier alpha value is -2.23. The maximum absolute atomic E-state index is 5.93. The summed E-state index contributed by atoms with van der Waals surface area (Å²) in [4.78, 5) is 6.43. The van der Waals surface area contributed by atoms with E-state index >= 15 is 0 Å². The van der Waals surface area contributed by atoms with Crippen LogP contribution < -0.4 is 10.5 Å². The number of hydrogen-bond donors (Lipinski definition) is 1. The first-order valence-electron chi connectivity index (χ1n) is 7.91. The van der Waals surface area contributed by atoms with Crippen LogP contribution >= 0.6 is 0 Å². The van der Waals surface area contributed by atoms with Gasteiger partial charge in [0.1, 0.15) is 5.75 Å². The van der Waals surface area contributed by atoms with Gasteiger partial charge >= 0.3 is 0 Å². The van der Waals surface area contributed by atoms with Gasteiger partial charge in [-0.25, -0.2) is 0 Å². The molecule has 0 aliphatic carbocycles. The summed E-state index contributed by atoms with van der Waals surface area (Å²) in [6, 6.07) is 14.4. The lowest BCUT2D eigenvalue weighted by Crippen LogP contribution is -2.37. The van der Waals surface area contributed by atoms with Crippen molar-refractivity contribution in [1.29, 1.82) is 0 Å². The second-order valence-electron chi connectivity index (χ2n) is 5.12. The zero-order chi connectivity index (χ0) is 15.8. The average molecular weight is 299 g/mol. The molecule has 0 aliphatic rings. The third-order valence-corrected chi connectivity index (χ3v) is 3.65. The second-order valence-corrected chi connectivity index (χ2v) is 5.12. The van der Waals surface area contributed by atoms with E-state index in [-0.39, 0.29) is 0 Å². The minimum Gasteiger partial charge on any atom is -0.494 e. The monoisotopic (exact) mass is 299 g/mol. The number of rotatable bonds is 7. The molecule has 0 saturated heterocycles. The van der Waals surface area contributed by atoms with Crippen molar-refractivity contribution in [2.45, 2.75) is 20.3 Å². The van der Waals surface area contributed by atoms with Crippen molar-refractivity contribution in [2.24, 2.45) is 10.7 Å². The van der Waals surface area contributed by atoms with Crippen LogP contribution in [-0.4, -0.2) is 37.1 Å². The van der Waals surface area contributed by atoms with Crippen molar-refractivity contribution in [3.63, 3.8) is 0 Å². The van der Waals surface area contributed by atoms with Gasteiger partial charge in [-0.05, 0) is 36.8 Å². The van der Waals surface area contributed by atoms with Crippen molar-refractivity contribution in [2.75, 3.05) is 26.2 Å². The van der Waals surface area contributed by atoms with Gasteiger partial charge in [0.05, 0.1) is 6.61 Å². The fourth-order valence-corrected chi connectivity index (χ4v) is 2.35. The molecule has 2 N–H and O–H groups in total. The van der Waals surface area contributed by atoms with E-state index in [1.54, 1.807) is 0 Å². The largest absolute Gasteiger partial charge is 0.494 e. The summed E-state index contributed by atoms with van der Waals surface area (Å²) in [5, 5.41) is 2.43. The Kier molecular flexibility index (Phi) is 6.07. The van der Waals surface area contributed by atoms with Crippen LogP contribution in [0.25, 0.3) is 10.8 Å². The normalized spacial score (nSPS) is 11.6. The molecule has 0 radical (unpaired) electrons. The molecule has 2 rings (SSSR count). The van der Waals surface area contributed by atoms with Crippen molar-refractivity contribution in [3.8, 4) is 5.75 Å². The fourth-order valence-electron chi connectivity index (χ4n) is 2.35. The number of guanidine groups is 1. The van der Waals surface area contributed by atoms with Crippen LogP contribution in [-0.2, 0) is 0 Å². The molecule has 0 amide bonds. The molecule has 0 unspecified atom stereocenters. The number of aliphatic imine (C=N–C) groups is 1. The summed E-state index contributed by atoms with van der Waals surface area (Å²) in [6.45, 7) is 7.27. The summed E-state index contributed by atoms with van der Waals surface area (Å²) in [7, 11) is 0. The highest BCUT2D eigenvalue weighted by Gasteiger charge is 2.01. The quantitative estimate of drug-likeness (QED) is 0.485. The summed E-state index contributed by atoms with van der Waals surface area (Å²) < 4.78 is 5.79. The first kappa shape index (κ1) is 16.1. The Bertz CT molecular complexity index is 621. The molecular weight excluding hydrogens is 274 g/mol. The first-order valence-corrected chi connectivity index (χ1v) is 7.91. The average Bonchev–Trinajstić information content (AvgIpc) is 2.55. The van der Waals surface area contributed by atoms with Crippen LogP contribution in [0.4, 0.5) is 0 Å². The molecule has 0 bridgehead atoms. The molecule has 0 saturated carbocycles. The number of benzene rings is 2. The smallest absolute Gasteiger partial charge is 0.191 e. The number of nitrogens with two attached hydrogens (primary N) is 1. The molecular formula is C18H25N3O. The number of fused-ring (bicyclic) bond motifs is 1. The van der Waals surface area contributed by atoms with E-state index in [0.717, 1.165) is 25.3 Å². The molecule has 118 valence electrons. The molecule has 4 nitrogen and oxygen atoms in total. The molecule has 0 spiro atoms. The minimum atomic E-state index is 0.621. The highest BCUT2D eigenvalue weighted by molar-refractivity contribution is 5.83. The predicted octanol–water partition coefficient (Wildman–Crippen LogP) is 3.27. The van der Waals surface area contributed by atoms with Crippen molar-refractivity contribution < 1.29 is 4.74 Å². The Balaban J connectivity index is 1.79. The number of hydrogen-bond acceptors (Lipinski definition) is 2. The van der Waals surface area contributed by atoms with E-state index in [0.29, 0.717) is 19.1 Å². The lowest BCUT2D eigenvalue weighted by Gasteiger charge is -2.19. The van der Waals surface area contributed by atoms with Gasteiger partial charge in [-0.1, -0.05) is 30.3 Å². The number of ether oxygens (including phenoxy) is 1. The zero-order valence-electron chi connectivity index (χ0n) is 13.5. The molecule has 0 heterocycles. The molecule has 2 aromatic carbocycles. The van der Waals surface area contributed by atoms with E-state index in [9.17, 15) is 0 Å². The van der Waals surface area contributed by atoms with Crippen LogP contribution in [0.2, 0.25) is 0 Å². The maximum Gasteiger partial charge on any atom is 0.191 e. The summed E-state index contributed by atoms with van der Waals surface area (Å²) in [5.41, 5.74) is 5.93. The Morgan fingerprint density at radius 1 is 1.09 bits per heavy atom. The van der Waals surface area contributed by atoms with Crippen LogP contribution in [0.5, 0.6) is 5.75 Å². The summed E-state index contributed by atoms with van der Waals surface area (Å²) >= 11 is 0. The summed E-state index contributed by atoms with van der Waals surface area (Å²) in [5.74, 6) is 1.52. The second kappa shape index (κ2) is 8.27. The third kappa shape index (κ3) is 4.38. The molecule has 0 aromatic heterocycles. The van der Waals surface area contributed by atoms with Crippen LogP contribution in [0.3, 0.4) is 0 Å². The van der Waals surface area contributed by atoms with Crippen LogP contribution in [0, 0.1) is 0 Å². The van der Waals surface area contributed by atoms with E-state index in [4.69, 9.17) is 10.5 Å². The zero-order valence-corrected chi connectivity index (χ0v) is 13.5. The van der Waals surface area contributed by atoms with Gasteiger partial charge in [0, 0.05) is 26.1 Å². The molecule has 0 fully saturated rings. The van der Waals surface area contributed by atoms with Crippen molar-refractivity contribution in [3.05, 3.63) is 42.5 Å².